The molecular formula is C12H17N5O. The SMILES string of the molecule is COC[C@@H](C)Nc1ccc2nnc(C3CC3)n2n1. The third kappa shape index (κ3) is 2.15. The topological polar surface area (TPSA) is 64.3 Å². The van der Waals surface area contributed by atoms with Crippen LogP contribution in [0.3, 0.4) is 0 Å². The molecule has 1 atom stereocenters. The molecule has 2 heterocycles. The van der Waals surface area contributed by atoms with Crippen molar-refractivity contribution in [2.45, 2.75) is 31.7 Å². The molecule has 0 saturated heterocycles. The molecule has 3 rings (SSSR count). The summed E-state index contributed by atoms with van der Waals surface area (Å²) in [7, 11) is 1.69. The first-order chi connectivity index (χ1) is 8.78. The maximum Gasteiger partial charge on any atom is 0.178 e. The van der Waals surface area contributed by atoms with E-state index in [-0.39, 0.29) is 6.04 Å². The van der Waals surface area contributed by atoms with E-state index in [1.807, 2.05) is 16.6 Å². The van der Waals surface area contributed by atoms with Crippen LogP contribution in [0, 0.1) is 0 Å². The van der Waals surface area contributed by atoms with Crippen LogP contribution in [-0.2, 0) is 4.74 Å². The highest BCUT2D eigenvalue weighted by Gasteiger charge is 2.29. The number of nitrogens with zero attached hydrogens (tertiary/aromatic N) is 4. The standard InChI is InChI=1S/C12H17N5O/c1-8(7-18-2)13-10-5-6-11-14-15-12(9-3-4-9)17(11)16-10/h5-6,8-9H,3-4,7H2,1-2H3,(H,13,16)/t8-/m1/s1. The largest absolute Gasteiger partial charge is 0.383 e. The molecule has 0 bridgehead atoms. The number of fused-ring (bicyclic) bond motifs is 1. The zero-order valence-electron chi connectivity index (χ0n) is 10.6. The van der Waals surface area contributed by atoms with Gasteiger partial charge in [0.15, 0.2) is 11.5 Å². The number of anilines is 1. The van der Waals surface area contributed by atoms with Gasteiger partial charge in [0.25, 0.3) is 0 Å². The number of methoxy groups -OCH3 is 1. The lowest BCUT2D eigenvalue weighted by atomic mass is 10.3. The molecule has 2 aromatic rings. The first kappa shape index (κ1) is 11.4. The second-order valence-electron chi connectivity index (χ2n) is 4.82. The summed E-state index contributed by atoms with van der Waals surface area (Å²) in [5, 5.41) is 16.2. The Hall–Kier alpha value is -1.69. The molecule has 1 fully saturated rings. The molecule has 0 spiro atoms. The van der Waals surface area contributed by atoms with Crippen molar-refractivity contribution < 1.29 is 4.74 Å². The van der Waals surface area contributed by atoms with Crippen LogP contribution in [0.1, 0.15) is 31.5 Å². The molecule has 0 amide bonds. The maximum atomic E-state index is 5.10. The van der Waals surface area contributed by atoms with Crippen LogP contribution in [-0.4, -0.2) is 39.6 Å². The summed E-state index contributed by atoms with van der Waals surface area (Å²) in [5.41, 5.74) is 0.807. The highest BCUT2D eigenvalue weighted by Crippen LogP contribution is 2.38. The van der Waals surface area contributed by atoms with Gasteiger partial charge in [0.2, 0.25) is 0 Å². The van der Waals surface area contributed by atoms with Gasteiger partial charge in [-0.1, -0.05) is 0 Å². The molecule has 0 aromatic carbocycles. The monoisotopic (exact) mass is 247 g/mol. The summed E-state index contributed by atoms with van der Waals surface area (Å²) < 4.78 is 6.95. The van der Waals surface area contributed by atoms with Gasteiger partial charge >= 0.3 is 0 Å². The van der Waals surface area contributed by atoms with Crippen LogP contribution in [0.15, 0.2) is 12.1 Å². The second kappa shape index (κ2) is 4.53. The van der Waals surface area contributed by atoms with Gasteiger partial charge in [-0.3, -0.25) is 0 Å². The Labute approximate surface area is 105 Å². The van der Waals surface area contributed by atoms with E-state index in [0.717, 1.165) is 17.3 Å². The zero-order valence-corrected chi connectivity index (χ0v) is 10.6. The summed E-state index contributed by atoms with van der Waals surface area (Å²) in [6, 6.07) is 4.08. The van der Waals surface area contributed by atoms with Gasteiger partial charge in [-0.15, -0.1) is 15.3 Å². The van der Waals surface area contributed by atoms with Gasteiger partial charge in [-0.2, -0.15) is 4.52 Å². The van der Waals surface area contributed by atoms with Gasteiger partial charge in [0.1, 0.15) is 5.82 Å². The number of aromatic nitrogens is 4. The first-order valence-electron chi connectivity index (χ1n) is 6.26. The lowest BCUT2D eigenvalue weighted by molar-refractivity contribution is 0.190. The molecule has 1 N–H and O–H groups in total. The van der Waals surface area contributed by atoms with Crippen LogP contribution >= 0.6 is 0 Å². The van der Waals surface area contributed by atoms with Crippen molar-refractivity contribution in [3.8, 4) is 0 Å². The number of nitrogens with one attached hydrogen (secondary N) is 1. The third-order valence-electron chi connectivity index (χ3n) is 3.04. The van der Waals surface area contributed by atoms with Crippen LogP contribution in [0.25, 0.3) is 5.65 Å². The van der Waals surface area contributed by atoms with Crippen molar-refractivity contribution >= 4 is 11.5 Å². The Kier molecular flexibility index (Phi) is 2.87. The molecular weight excluding hydrogens is 230 g/mol. The average molecular weight is 247 g/mol. The van der Waals surface area contributed by atoms with Crippen molar-refractivity contribution in [3.63, 3.8) is 0 Å². The van der Waals surface area contributed by atoms with Crippen LogP contribution in [0.2, 0.25) is 0 Å². The molecule has 6 nitrogen and oxygen atoms in total. The van der Waals surface area contributed by atoms with Crippen LogP contribution < -0.4 is 5.32 Å². The fraction of sp³-hybridized carbons (Fsp3) is 0.583. The number of rotatable bonds is 5. The summed E-state index contributed by atoms with van der Waals surface area (Å²) >= 11 is 0. The molecule has 0 unspecified atom stereocenters. The zero-order chi connectivity index (χ0) is 12.5. The quantitative estimate of drug-likeness (QED) is 0.866. The first-order valence-corrected chi connectivity index (χ1v) is 6.26. The number of ether oxygens (including phenoxy) is 1. The minimum atomic E-state index is 0.223. The van der Waals surface area contributed by atoms with E-state index >= 15 is 0 Å². The van der Waals surface area contributed by atoms with Crippen molar-refractivity contribution in [1.29, 1.82) is 0 Å². The van der Waals surface area contributed by atoms with Crippen molar-refractivity contribution in [3.05, 3.63) is 18.0 Å². The lowest BCUT2D eigenvalue weighted by Gasteiger charge is -2.13. The van der Waals surface area contributed by atoms with E-state index in [2.05, 4.69) is 27.5 Å². The van der Waals surface area contributed by atoms with Gasteiger partial charge in [0, 0.05) is 19.1 Å². The van der Waals surface area contributed by atoms with E-state index in [4.69, 9.17) is 4.74 Å². The molecule has 18 heavy (non-hydrogen) atoms. The van der Waals surface area contributed by atoms with Gasteiger partial charge < -0.3 is 10.1 Å². The average Bonchev–Trinajstić information content (AvgIpc) is 3.10. The summed E-state index contributed by atoms with van der Waals surface area (Å²) in [5.74, 6) is 2.35. The van der Waals surface area contributed by atoms with Gasteiger partial charge in [0.05, 0.1) is 6.61 Å². The van der Waals surface area contributed by atoms with E-state index in [1.165, 1.54) is 12.8 Å². The smallest absolute Gasteiger partial charge is 0.178 e. The van der Waals surface area contributed by atoms with Gasteiger partial charge in [-0.25, -0.2) is 0 Å². The molecule has 0 aliphatic heterocycles. The highest BCUT2D eigenvalue weighted by molar-refractivity contribution is 5.44. The number of hydrogen-bond donors (Lipinski definition) is 1. The van der Waals surface area contributed by atoms with Gasteiger partial charge in [-0.05, 0) is 31.9 Å². The highest BCUT2D eigenvalue weighted by atomic mass is 16.5. The minimum absolute atomic E-state index is 0.223. The van der Waals surface area contributed by atoms with E-state index in [0.29, 0.717) is 12.5 Å². The van der Waals surface area contributed by atoms with E-state index < -0.39 is 0 Å². The second-order valence-corrected chi connectivity index (χ2v) is 4.82. The van der Waals surface area contributed by atoms with Crippen molar-refractivity contribution in [1.82, 2.24) is 19.8 Å². The fourth-order valence-electron chi connectivity index (χ4n) is 2.02. The van der Waals surface area contributed by atoms with Crippen LogP contribution in [0.4, 0.5) is 5.82 Å². The van der Waals surface area contributed by atoms with E-state index in [1.54, 1.807) is 7.11 Å². The number of hydrogen-bond acceptors (Lipinski definition) is 5. The Morgan fingerprint density at radius 2 is 2.28 bits per heavy atom. The van der Waals surface area contributed by atoms with E-state index in [9.17, 15) is 0 Å². The Bertz CT molecular complexity index is 548. The molecule has 96 valence electrons. The molecule has 1 saturated carbocycles. The fourth-order valence-corrected chi connectivity index (χ4v) is 2.02. The maximum absolute atomic E-state index is 5.10. The molecule has 2 aromatic heterocycles. The normalized spacial score (nSPS) is 17.0. The molecule has 6 heteroatoms. The van der Waals surface area contributed by atoms with Crippen molar-refractivity contribution in [2.75, 3.05) is 19.0 Å². The Morgan fingerprint density at radius 3 is 3.00 bits per heavy atom. The lowest BCUT2D eigenvalue weighted by Crippen LogP contribution is -2.22. The molecule has 1 aliphatic rings. The minimum Gasteiger partial charge on any atom is -0.383 e. The predicted molar refractivity (Wildman–Crippen MR) is 67.7 cm³/mol. The molecule has 0 radical (unpaired) electrons. The summed E-state index contributed by atoms with van der Waals surface area (Å²) in [6.45, 7) is 2.71. The van der Waals surface area contributed by atoms with Crippen molar-refractivity contribution in [2.24, 2.45) is 0 Å². The Morgan fingerprint density at radius 1 is 1.44 bits per heavy atom. The third-order valence-corrected chi connectivity index (χ3v) is 3.04. The molecule has 1 aliphatic carbocycles. The Balaban J connectivity index is 1.87. The summed E-state index contributed by atoms with van der Waals surface area (Å²) in [4.78, 5) is 0. The predicted octanol–water partition coefficient (Wildman–Crippen LogP) is 1.45. The summed E-state index contributed by atoms with van der Waals surface area (Å²) in [6.07, 6.45) is 2.39. The van der Waals surface area contributed by atoms with Crippen LogP contribution in [0.5, 0.6) is 0 Å².